The van der Waals surface area contributed by atoms with Crippen molar-refractivity contribution in [3.8, 4) is 10.6 Å². The van der Waals surface area contributed by atoms with Gasteiger partial charge < -0.3 is 4.90 Å². The third-order valence-electron chi connectivity index (χ3n) is 3.90. The Bertz CT molecular complexity index is 868. The van der Waals surface area contributed by atoms with Gasteiger partial charge in [0.05, 0.1) is 0 Å². The molecule has 1 fully saturated rings. The summed E-state index contributed by atoms with van der Waals surface area (Å²) >= 11 is 7.42. The van der Waals surface area contributed by atoms with Crippen LogP contribution < -0.4 is 0 Å². The van der Waals surface area contributed by atoms with Gasteiger partial charge in [0.15, 0.2) is 0 Å². The highest BCUT2D eigenvalue weighted by Crippen LogP contribution is 2.27. The fourth-order valence-corrected chi connectivity index (χ4v) is 3.75. The van der Waals surface area contributed by atoms with E-state index >= 15 is 0 Å². The number of fused-ring (bicyclic) bond motifs is 1. The molecule has 3 heterocycles. The van der Waals surface area contributed by atoms with E-state index in [2.05, 4.69) is 15.3 Å². The smallest absolute Gasteiger partial charge is 0.293 e. The van der Waals surface area contributed by atoms with Crippen molar-refractivity contribution in [1.82, 2.24) is 24.7 Å². The lowest BCUT2D eigenvalue weighted by atomic mass is 10.1. The molecule has 3 aromatic rings. The van der Waals surface area contributed by atoms with E-state index in [0.29, 0.717) is 9.98 Å². The van der Waals surface area contributed by atoms with Crippen molar-refractivity contribution >= 4 is 33.8 Å². The Labute approximate surface area is 141 Å². The summed E-state index contributed by atoms with van der Waals surface area (Å²) in [7, 11) is 0. The number of amides is 1. The minimum atomic E-state index is -0.0971. The predicted octanol–water partition coefficient (Wildman–Crippen LogP) is 3.13. The summed E-state index contributed by atoms with van der Waals surface area (Å²) in [4.78, 5) is 15.1. The number of halogens is 1. The summed E-state index contributed by atoms with van der Waals surface area (Å²) in [6.07, 6.45) is 3.26. The van der Waals surface area contributed by atoms with Crippen LogP contribution in [0.2, 0.25) is 5.02 Å². The average Bonchev–Trinajstić information content (AvgIpc) is 3.15. The molecule has 0 aliphatic carbocycles. The number of rotatable bonds is 2. The number of hydrogen-bond acceptors (Lipinski definition) is 5. The highest BCUT2D eigenvalue weighted by atomic mass is 35.5. The molecule has 1 aliphatic heterocycles. The van der Waals surface area contributed by atoms with Crippen molar-refractivity contribution in [3.63, 3.8) is 0 Å². The molecule has 0 unspecified atom stereocenters. The number of hydrogen-bond donors (Lipinski definition) is 0. The highest BCUT2D eigenvalue weighted by molar-refractivity contribution is 7.19. The summed E-state index contributed by atoms with van der Waals surface area (Å²) in [6.45, 7) is 1.55. The van der Waals surface area contributed by atoms with E-state index in [4.69, 9.17) is 11.6 Å². The van der Waals surface area contributed by atoms with Crippen molar-refractivity contribution in [1.29, 1.82) is 0 Å². The Kier molecular flexibility index (Phi) is 3.74. The van der Waals surface area contributed by atoms with E-state index < -0.39 is 0 Å². The molecule has 4 rings (SSSR count). The second-order valence-corrected chi connectivity index (χ2v) is 6.88. The normalized spacial score (nSPS) is 15.3. The lowest BCUT2D eigenvalue weighted by molar-refractivity contribution is 0.0709. The van der Waals surface area contributed by atoms with Crippen LogP contribution in [0.3, 0.4) is 0 Å². The molecule has 6 nitrogen and oxygen atoms in total. The largest absolute Gasteiger partial charge is 0.336 e. The van der Waals surface area contributed by atoms with Gasteiger partial charge in [-0.25, -0.2) is 0 Å². The van der Waals surface area contributed by atoms with E-state index in [0.717, 1.165) is 36.5 Å². The summed E-state index contributed by atoms with van der Waals surface area (Å²) in [5.74, 6) is 0.187. The van der Waals surface area contributed by atoms with Crippen molar-refractivity contribution in [2.45, 2.75) is 19.3 Å². The Balaban J connectivity index is 1.70. The monoisotopic (exact) mass is 347 g/mol. The number of likely N-dealkylation sites (tertiary alicyclic amines) is 1. The molecule has 1 saturated heterocycles. The zero-order chi connectivity index (χ0) is 15.8. The first-order chi connectivity index (χ1) is 11.2. The molecule has 0 N–H and O–H groups in total. The summed E-state index contributed by atoms with van der Waals surface area (Å²) in [5.41, 5.74) is 0.907. The summed E-state index contributed by atoms with van der Waals surface area (Å²) in [6, 6.07) is 7.47. The molecule has 0 atom stereocenters. The average molecular weight is 348 g/mol. The highest BCUT2D eigenvalue weighted by Gasteiger charge is 2.25. The lowest BCUT2D eigenvalue weighted by Gasteiger charge is -2.25. The Morgan fingerprint density at radius 1 is 1.17 bits per heavy atom. The molecule has 8 heteroatoms. The van der Waals surface area contributed by atoms with E-state index in [1.165, 1.54) is 22.3 Å². The van der Waals surface area contributed by atoms with Gasteiger partial charge in [-0.2, -0.15) is 9.61 Å². The van der Waals surface area contributed by atoms with Crippen LogP contribution in [0.4, 0.5) is 0 Å². The van der Waals surface area contributed by atoms with Crippen LogP contribution in [0.25, 0.3) is 15.5 Å². The number of carbonyl (C=O) groups excluding carboxylic acids is 1. The Morgan fingerprint density at radius 3 is 2.78 bits per heavy atom. The number of nitrogens with zero attached hydrogens (tertiary/aromatic N) is 5. The maximum Gasteiger partial charge on any atom is 0.293 e. The SMILES string of the molecule is O=C(c1nnc2sc(-c3cccc(Cl)c3)nn12)N1CCCCC1. The maximum atomic E-state index is 12.6. The van der Waals surface area contributed by atoms with Gasteiger partial charge in [-0.1, -0.05) is 35.1 Å². The van der Waals surface area contributed by atoms with Gasteiger partial charge in [-0.05, 0) is 31.4 Å². The lowest BCUT2D eigenvalue weighted by Crippen LogP contribution is -2.36. The molecular formula is C15H14ClN5OS. The standard InChI is InChI=1S/C15H14ClN5OS/c16-11-6-4-5-10(9-11)13-19-21-12(17-18-15(21)23-13)14(22)20-7-2-1-3-8-20/h4-6,9H,1-3,7-8H2. The van der Waals surface area contributed by atoms with Crippen molar-refractivity contribution in [2.24, 2.45) is 0 Å². The quantitative estimate of drug-likeness (QED) is 0.714. The van der Waals surface area contributed by atoms with Crippen molar-refractivity contribution < 1.29 is 4.79 Å². The van der Waals surface area contributed by atoms with Crippen LogP contribution >= 0.6 is 22.9 Å². The topological polar surface area (TPSA) is 63.4 Å². The van der Waals surface area contributed by atoms with Crippen LogP contribution in [0, 0.1) is 0 Å². The third-order valence-corrected chi connectivity index (χ3v) is 5.08. The van der Waals surface area contributed by atoms with Gasteiger partial charge in [0, 0.05) is 23.7 Å². The van der Waals surface area contributed by atoms with Gasteiger partial charge in [-0.15, -0.1) is 10.2 Å². The number of carbonyl (C=O) groups is 1. The molecule has 0 radical (unpaired) electrons. The molecule has 2 aromatic heterocycles. The van der Waals surface area contributed by atoms with Crippen LogP contribution in [-0.2, 0) is 0 Å². The summed E-state index contributed by atoms with van der Waals surface area (Å²) < 4.78 is 1.54. The molecule has 0 saturated carbocycles. The Hall–Kier alpha value is -1.99. The van der Waals surface area contributed by atoms with Gasteiger partial charge >= 0.3 is 0 Å². The minimum Gasteiger partial charge on any atom is -0.336 e. The first-order valence-electron chi connectivity index (χ1n) is 7.50. The van der Waals surface area contributed by atoms with Gasteiger partial charge in [-0.3, -0.25) is 4.79 Å². The third kappa shape index (κ3) is 2.70. The minimum absolute atomic E-state index is 0.0971. The fourth-order valence-electron chi connectivity index (χ4n) is 2.73. The molecule has 1 amide bonds. The Morgan fingerprint density at radius 2 is 2.00 bits per heavy atom. The van der Waals surface area contributed by atoms with Crippen LogP contribution in [-0.4, -0.2) is 43.7 Å². The van der Waals surface area contributed by atoms with Crippen molar-refractivity contribution in [3.05, 3.63) is 35.1 Å². The van der Waals surface area contributed by atoms with Crippen LogP contribution in [0.15, 0.2) is 24.3 Å². The second-order valence-electron chi connectivity index (χ2n) is 5.49. The molecule has 0 spiro atoms. The fraction of sp³-hybridized carbons (Fsp3) is 0.333. The van der Waals surface area contributed by atoms with Crippen LogP contribution in [0.5, 0.6) is 0 Å². The van der Waals surface area contributed by atoms with E-state index in [1.54, 1.807) is 0 Å². The van der Waals surface area contributed by atoms with E-state index in [-0.39, 0.29) is 11.7 Å². The van der Waals surface area contributed by atoms with Gasteiger partial charge in [0.25, 0.3) is 5.91 Å². The molecular weight excluding hydrogens is 334 g/mol. The molecule has 118 valence electrons. The second kappa shape index (κ2) is 5.90. The number of benzene rings is 1. The number of piperidine rings is 1. The molecule has 0 bridgehead atoms. The van der Waals surface area contributed by atoms with Gasteiger partial charge in [0.2, 0.25) is 10.8 Å². The first kappa shape index (κ1) is 14.6. The zero-order valence-electron chi connectivity index (χ0n) is 12.3. The molecule has 23 heavy (non-hydrogen) atoms. The maximum absolute atomic E-state index is 12.6. The van der Waals surface area contributed by atoms with E-state index in [1.807, 2.05) is 29.2 Å². The van der Waals surface area contributed by atoms with Crippen molar-refractivity contribution in [2.75, 3.05) is 13.1 Å². The molecule has 1 aliphatic rings. The number of aromatic nitrogens is 4. The first-order valence-corrected chi connectivity index (χ1v) is 8.69. The van der Waals surface area contributed by atoms with Gasteiger partial charge in [0.1, 0.15) is 5.01 Å². The van der Waals surface area contributed by atoms with Crippen LogP contribution in [0.1, 0.15) is 29.9 Å². The zero-order valence-corrected chi connectivity index (χ0v) is 13.8. The molecule has 1 aromatic carbocycles. The van der Waals surface area contributed by atoms with E-state index in [9.17, 15) is 4.79 Å². The summed E-state index contributed by atoms with van der Waals surface area (Å²) in [5, 5.41) is 14.0. The predicted molar refractivity (Wildman–Crippen MR) is 88.9 cm³/mol.